The maximum Gasteiger partial charge on any atom is 0.271 e. The quantitative estimate of drug-likeness (QED) is 0.768. The lowest BCUT2D eigenvalue weighted by molar-refractivity contribution is -0.121. The van der Waals surface area contributed by atoms with Gasteiger partial charge in [0.15, 0.2) is 5.78 Å². The minimum Gasteiger partial charge on any atom is -0.357 e. The first-order valence-corrected chi connectivity index (χ1v) is 5.68. The zero-order chi connectivity index (χ0) is 11.3. The lowest BCUT2D eigenvalue weighted by Gasteiger charge is -2.32. The van der Waals surface area contributed by atoms with Gasteiger partial charge in [0, 0.05) is 12.2 Å². The third-order valence-electron chi connectivity index (χ3n) is 3.71. The molecular formula is C12H14N2O2. The highest BCUT2D eigenvalue weighted by Crippen LogP contribution is 2.33. The van der Waals surface area contributed by atoms with Crippen LogP contribution in [0.2, 0.25) is 0 Å². The van der Waals surface area contributed by atoms with Crippen LogP contribution in [0, 0.1) is 0 Å². The van der Waals surface area contributed by atoms with Gasteiger partial charge in [-0.15, -0.1) is 0 Å². The van der Waals surface area contributed by atoms with E-state index in [2.05, 4.69) is 4.98 Å². The first-order valence-electron chi connectivity index (χ1n) is 5.68. The number of Topliss-reactive ketones (excluding diaryl/α,β-unsaturated/α-hetero) is 1. The van der Waals surface area contributed by atoms with Crippen LogP contribution in [-0.4, -0.2) is 33.7 Å². The van der Waals surface area contributed by atoms with Crippen molar-refractivity contribution in [2.24, 2.45) is 0 Å². The monoisotopic (exact) mass is 218 g/mol. The van der Waals surface area contributed by atoms with Gasteiger partial charge in [-0.1, -0.05) is 0 Å². The number of H-pyrrole nitrogens is 1. The number of fused-ring (bicyclic) bond motifs is 2. The SMILES string of the molecule is CC(=O)C1CCC2Cc3cc[nH]c3C(=O)N21. The Labute approximate surface area is 93.6 Å². The summed E-state index contributed by atoms with van der Waals surface area (Å²) in [6.45, 7) is 1.57. The van der Waals surface area contributed by atoms with Crippen molar-refractivity contribution in [2.45, 2.75) is 38.3 Å². The van der Waals surface area contributed by atoms with E-state index in [4.69, 9.17) is 0 Å². The summed E-state index contributed by atoms with van der Waals surface area (Å²) in [6, 6.07) is 1.99. The Bertz CT molecular complexity index is 463. The van der Waals surface area contributed by atoms with E-state index in [9.17, 15) is 9.59 Å². The van der Waals surface area contributed by atoms with Gasteiger partial charge in [-0.2, -0.15) is 0 Å². The molecule has 16 heavy (non-hydrogen) atoms. The minimum atomic E-state index is -0.200. The Morgan fingerprint density at radius 2 is 2.31 bits per heavy atom. The highest BCUT2D eigenvalue weighted by molar-refractivity contribution is 5.99. The van der Waals surface area contributed by atoms with Crippen LogP contribution < -0.4 is 0 Å². The summed E-state index contributed by atoms with van der Waals surface area (Å²) in [6.07, 6.45) is 4.44. The number of nitrogens with one attached hydrogen (secondary N) is 1. The van der Waals surface area contributed by atoms with Gasteiger partial charge in [-0.3, -0.25) is 9.59 Å². The van der Waals surface area contributed by atoms with Gasteiger partial charge in [0.25, 0.3) is 5.91 Å². The third kappa shape index (κ3) is 1.16. The Balaban J connectivity index is 2.01. The van der Waals surface area contributed by atoms with Crippen LogP contribution in [0.25, 0.3) is 0 Å². The molecule has 84 valence electrons. The van der Waals surface area contributed by atoms with Gasteiger partial charge in [-0.05, 0) is 37.8 Å². The lowest BCUT2D eigenvalue weighted by atomic mass is 9.99. The molecule has 4 nitrogen and oxygen atoms in total. The number of carbonyl (C=O) groups is 2. The lowest BCUT2D eigenvalue weighted by Crippen LogP contribution is -2.48. The molecule has 1 fully saturated rings. The Morgan fingerprint density at radius 1 is 1.50 bits per heavy atom. The van der Waals surface area contributed by atoms with Crippen LogP contribution in [0.5, 0.6) is 0 Å². The third-order valence-corrected chi connectivity index (χ3v) is 3.71. The number of hydrogen-bond acceptors (Lipinski definition) is 2. The molecule has 0 bridgehead atoms. The molecule has 2 unspecified atom stereocenters. The van der Waals surface area contributed by atoms with E-state index >= 15 is 0 Å². The molecular weight excluding hydrogens is 204 g/mol. The van der Waals surface area contributed by atoms with Crippen molar-refractivity contribution in [1.82, 2.24) is 9.88 Å². The molecule has 3 rings (SSSR count). The molecule has 4 heteroatoms. The molecule has 1 aromatic heterocycles. The van der Waals surface area contributed by atoms with Crippen LogP contribution in [0.15, 0.2) is 12.3 Å². The zero-order valence-electron chi connectivity index (χ0n) is 9.19. The van der Waals surface area contributed by atoms with E-state index in [-0.39, 0.29) is 23.8 Å². The summed E-state index contributed by atoms with van der Waals surface area (Å²) in [7, 11) is 0. The second-order valence-corrected chi connectivity index (χ2v) is 4.65. The number of nitrogens with zero attached hydrogens (tertiary/aromatic N) is 1. The Hall–Kier alpha value is -1.58. The molecule has 0 aliphatic carbocycles. The molecule has 0 radical (unpaired) electrons. The largest absolute Gasteiger partial charge is 0.357 e. The average Bonchev–Trinajstić information content (AvgIpc) is 2.83. The minimum absolute atomic E-state index is 0.00560. The maximum absolute atomic E-state index is 12.2. The van der Waals surface area contributed by atoms with Crippen LogP contribution in [-0.2, 0) is 11.2 Å². The number of amides is 1. The molecule has 0 aromatic carbocycles. The van der Waals surface area contributed by atoms with Crippen molar-refractivity contribution >= 4 is 11.7 Å². The number of aromatic nitrogens is 1. The first kappa shape index (κ1) is 9.63. The van der Waals surface area contributed by atoms with Gasteiger partial charge in [0.2, 0.25) is 0 Å². The fraction of sp³-hybridized carbons (Fsp3) is 0.500. The van der Waals surface area contributed by atoms with Crippen LogP contribution in [0.3, 0.4) is 0 Å². The second kappa shape index (κ2) is 3.20. The van der Waals surface area contributed by atoms with Gasteiger partial charge < -0.3 is 9.88 Å². The number of ketones is 1. The van der Waals surface area contributed by atoms with Gasteiger partial charge in [0.1, 0.15) is 5.69 Å². The molecule has 1 saturated heterocycles. The van der Waals surface area contributed by atoms with E-state index in [0.717, 1.165) is 24.8 Å². The highest BCUT2D eigenvalue weighted by Gasteiger charge is 2.43. The molecule has 1 amide bonds. The van der Waals surface area contributed by atoms with Gasteiger partial charge in [-0.25, -0.2) is 0 Å². The standard InChI is InChI=1S/C12H14N2O2/c1-7(15)10-3-2-9-6-8-4-5-13-11(8)12(16)14(9)10/h4-5,9-10,13H,2-3,6H2,1H3. The number of rotatable bonds is 1. The number of hydrogen-bond donors (Lipinski definition) is 1. The predicted octanol–water partition coefficient (Wildman–Crippen LogP) is 1.13. The molecule has 0 saturated carbocycles. The normalized spacial score (nSPS) is 27.8. The van der Waals surface area contributed by atoms with Crippen molar-refractivity contribution in [2.75, 3.05) is 0 Å². The van der Waals surface area contributed by atoms with Crippen molar-refractivity contribution < 1.29 is 9.59 Å². The van der Waals surface area contributed by atoms with Crippen LogP contribution >= 0.6 is 0 Å². The number of aromatic amines is 1. The molecule has 2 aliphatic heterocycles. The molecule has 1 N–H and O–H groups in total. The van der Waals surface area contributed by atoms with E-state index in [1.165, 1.54) is 0 Å². The first-order chi connectivity index (χ1) is 7.68. The Kier molecular flexibility index (Phi) is 1.93. The van der Waals surface area contributed by atoms with Crippen molar-refractivity contribution in [3.05, 3.63) is 23.5 Å². The summed E-state index contributed by atoms with van der Waals surface area (Å²) < 4.78 is 0. The molecule has 2 aliphatic rings. The zero-order valence-corrected chi connectivity index (χ0v) is 9.19. The van der Waals surface area contributed by atoms with Crippen molar-refractivity contribution in [3.63, 3.8) is 0 Å². The van der Waals surface area contributed by atoms with Crippen molar-refractivity contribution in [1.29, 1.82) is 0 Å². The van der Waals surface area contributed by atoms with Gasteiger partial charge >= 0.3 is 0 Å². The van der Waals surface area contributed by atoms with Crippen LogP contribution in [0.4, 0.5) is 0 Å². The Morgan fingerprint density at radius 3 is 3.06 bits per heavy atom. The van der Waals surface area contributed by atoms with E-state index in [0.29, 0.717) is 5.69 Å². The average molecular weight is 218 g/mol. The smallest absolute Gasteiger partial charge is 0.271 e. The summed E-state index contributed by atoms with van der Waals surface area (Å²) in [4.78, 5) is 28.5. The summed E-state index contributed by atoms with van der Waals surface area (Å²) in [5.41, 5.74) is 1.76. The van der Waals surface area contributed by atoms with E-state index in [1.54, 1.807) is 18.0 Å². The predicted molar refractivity (Wildman–Crippen MR) is 58.2 cm³/mol. The maximum atomic E-state index is 12.2. The molecule has 0 spiro atoms. The fourth-order valence-corrected chi connectivity index (χ4v) is 2.94. The second-order valence-electron chi connectivity index (χ2n) is 4.65. The molecule has 1 aromatic rings. The fourth-order valence-electron chi connectivity index (χ4n) is 2.94. The summed E-state index contributed by atoms with van der Waals surface area (Å²) >= 11 is 0. The van der Waals surface area contributed by atoms with E-state index in [1.807, 2.05) is 6.07 Å². The number of carbonyl (C=O) groups excluding carboxylic acids is 2. The van der Waals surface area contributed by atoms with Crippen molar-refractivity contribution in [3.8, 4) is 0 Å². The van der Waals surface area contributed by atoms with E-state index < -0.39 is 0 Å². The highest BCUT2D eigenvalue weighted by atomic mass is 16.2. The molecule has 3 heterocycles. The summed E-state index contributed by atoms with van der Waals surface area (Å²) in [5.74, 6) is 0.0970. The topological polar surface area (TPSA) is 53.2 Å². The molecule has 2 atom stereocenters. The summed E-state index contributed by atoms with van der Waals surface area (Å²) in [5, 5.41) is 0. The van der Waals surface area contributed by atoms with Gasteiger partial charge in [0.05, 0.1) is 6.04 Å². The van der Waals surface area contributed by atoms with Crippen LogP contribution in [0.1, 0.15) is 35.8 Å².